The summed E-state index contributed by atoms with van der Waals surface area (Å²) in [5.41, 5.74) is 0.553. The topological polar surface area (TPSA) is 75.6 Å². The predicted octanol–water partition coefficient (Wildman–Crippen LogP) is 2.54. The smallest absolute Gasteiger partial charge is 0.335 e. The Morgan fingerprint density at radius 3 is 2.38 bits per heavy atom. The summed E-state index contributed by atoms with van der Waals surface area (Å²) in [6, 6.07) is 11.4. The van der Waals surface area contributed by atoms with Gasteiger partial charge in [0.2, 0.25) is 0 Å². The lowest BCUT2D eigenvalue weighted by molar-refractivity contribution is -0.118. The highest BCUT2D eigenvalue weighted by Crippen LogP contribution is 2.15. The van der Waals surface area contributed by atoms with Gasteiger partial charge in [-0.2, -0.15) is 0 Å². The maximum Gasteiger partial charge on any atom is 0.335 e. The zero-order valence-corrected chi connectivity index (χ0v) is 10.9. The van der Waals surface area contributed by atoms with Crippen molar-refractivity contribution in [3.63, 3.8) is 0 Å². The molecule has 0 unspecified atom stereocenters. The molecule has 0 spiro atoms. The molecule has 0 aliphatic carbocycles. The molecule has 6 heteroatoms. The van der Waals surface area contributed by atoms with Crippen molar-refractivity contribution in [3.05, 3.63) is 59.9 Å². The van der Waals surface area contributed by atoms with Gasteiger partial charge in [0.15, 0.2) is 18.2 Å². The van der Waals surface area contributed by atoms with Gasteiger partial charge in [-0.25, -0.2) is 9.18 Å². The Morgan fingerprint density at radius 2 is 1.76 bits per heavy atom. The molecule has 2 N–H and O–H groups in total. The summed E-state index contributed by atoms with van der Waals surface area (Å²) in [6.07, 6.45) is 0. The summed E-state index contributed by atoms with van der Waals surface area (Å²) in [5.74, 6) is -2.07. The number of ether oxygens (including phenoxy) is 1. The van der Waals surface area contributed by atoms with E-state index in [0.29, 0.717) is 5.69 Å². The first-order chi connectivity index (χ1) is 10.1. The molecule has 21 heavy (non-hydrogen) atoms. The van der Waals surface area contributed by atoms with Crippen LogP contribution in [0.25, 0.3) is 0 Å². The Kier molecular flexibility index (Phi) is 4.50. The van der Waals surface area contributed by atoms with E-state index in [1.165, 1.54) is 42.5 Å². The van der Waals surface area contributed by atoms with E-state index < -0.39 is 17.7 Å². The summed E-state index contributed by atoms with van der Waals surface area (Å²) in [7, 11) is 0. The minimum atomic E-state index is -1.05. The number of carboxylic acids is 1. The molecule has 2 aromatic carbocycles. The van der Waals surface area contributed by atoms with Gasteiger partial charge in [-0.3, -0.25) is 4.79 Å². The van der Waals surface area contributed by atoms with Gasteiger partial charge in [0, 0.05) is 5.69 Å². The van der Waals surface area contributed by atoms with Gasteiger partial charge in [-0.15, -0.1) is 0 Å². The molecule has 0 aliphatic rings. The monoisotopic (exact) mass is 289 g/mol. The van der Waals surface area contributed by atoms with E-state index in [4.69, 9.17) is 9.84 Å². The third-order valence-corrected chi connectivity index (χ3v) is 2.61. The molecular formula is C15H12FNO4. The molecule has 0 saturated heterocycles. The summed E-state index contributed by atoms with van der Waals surface area (Å²) in [5, 5.41) is 11.3. The van der Waals surface area contributed by atoms with Crippen molar-refractivity contribution in [2.45, 2.75) is 0 Å². The van der Waals surface area contributed by atoms with Gasteiger partial charge in [0.05, 0.1) is 5.56 Å². The highest BCUT2D eigenvalue weighted by molar-refractivity contribution is 5.93. The van der Waals surface area contributed by atoms with Gasteiger partial charge in [-0.05, 0) is 36.4 Å². The molecule has 0 radical (unpaired) electrons. The maximum atomic E-state index is 13.3. The molecule has 2 rings (SSSR count). The lowest BCUT2D eigenvalue weighted by Gasteiger charge is -2.08. The van der Waals surface area contributed by atoms with Crippen molar-refractivity contribution in [3.8, 4) is 5.75 Å². The summed E-state index contributed by atoms with van der Waals surface area (Å²) in [4.78, 5) is 22.3. The predicted molar refractivity (Wildman–Crippen MR) is 73.9 cm³/mol. The number of nitrogens with one attached hydrogen (secondary N) is 1. The highest BCUT2D eigenvalue weighted by Gasteiger charge is 2.07. The van der Waals surface area contributed by atoms with Crippen LogP contribution in [0.5, 0.6) is 5.75 Å². The van der Waals surface area contributed by atoms with E-state index in [1.807, 2.05) is 0 Å². The minimum Gasteiger partial charge on any atom is -0.481 e. The first-order valence-electron chi connectivity index (χ1n) is 6.07. The zero-order valence-electron chi connectivity index (χ0n) is 10.9. The molecule has 0 bridgehead atoms. The van der Waals surface area contributed by atoms with Gasteiger partial charge < -0.3 is 15.2 Å². The molecule has 1 amide bonds. The van der Waals surface area contributed by atoms with E-state index in [-0.39, 0.29) is 17.9 Å². The fourth-order valence-corrected chi connectivity index (χ4v) is 1.60. The van der Waals surface area contributed by atoms with Crippen LogP contribution in [0.1, 0.15) is 10.4 Å². The number of para-hydroxylation sites is 1. The van der Waals surface area contributed by atoms with E-state index in [0.717, 1.165) is 0 Å². The fraction of sp³-hybridized carbons (Fsp3) is 0.0667. The lowest BCUT2D eigenvalue weighted by atomic mass is 10.2. The first-order valence-corrected chi connectivity index (χ1v) is 6.07. The average Bonchev–Trinajstić information content (AvgIpc) is 2.47. The summed E-state index contributed by atoms with van der Waals surface area (Å²) < 4.78 is 18.3. The highest BCUT2D eigenvalue weighted by atomic mass is 19.1. The summed E-state index contributed by atoms with van der Waals surface area (Å²) >= 11 is 0. The number of halogens is 1. The number of benzene rings is 2. The molecule has 0 saturated carbocycles. The van der Waals surface area contributed by atoms with Crippen molar-refractivity contribution in [1.29, 1.82) is 0 Å². The second-order valence-corrected chi connectivity index (χ2v) is 4.15. The third-order valence-electron chi connectivity index (χ3n) is 2.61. The average molecular weight is 289 g/mol. The molecule has 5 nitrogen and oxygen atoms in total. The Labute approximate surface area is 120 Å². The number of carbonyl (C=O) groups is 2. The van der Waals surface area contributed by atoms with Crippen LogP contribution in [0.15, 0.2) is 48.5 Å². The van der Waals surface area contributed by atoms with Crippen molar-refractivity contribution in [1.82, 2.24) is 0 Å². The third kappa shape index (κ3) is 4.04. The molecule has 0 fully saturated rings. The normalized spacial score (nSPS) is 9.95. The molecule has 0 heterocycles. The zero-order chi connectivity index (χ0) is 15.2. The number of hydrogen-bond acceptors (Lipinski definition) is 3. The van der Waals surface area contributed by atoms with Crippen LogP contribution in [-0.2, 0) is 4.79 Å². The standard InChI is InChI=1S/C15H12FNO4/c16-12-3-1-2-4-13(12)21-9-14(18)17-11-7-5-10(6-8-11)15(19)20/h1-8H,9H2,(H,17,18)(H,19,20). The Hall–Kier alpha value is -2.89. The number of carbonyl (C=O) groups excluding carboxylic acids is 1. The van der Waals surface area contributed by atoms with Crippen LogP contribution < -0.4 is 10.1 Å². The quantitative estimate of drug-likeness (QED) is 0.887. The Bertz CT molecular complexity index is 655. The van der Waals surface area contributed by atoms with Gasteiger partial charge in [0.25, 0.3) is 5.91 Å². The number of anilines is 1. The number of aromatic carboxylic acids is 1. The molecule has 0 aromatic heterocycles. The van der Waals surface area contributed by atoms with E-state index in [2.05, 4.69) is 5.32 Å². The molecule has 108 valence electrons. The summed E-state index contributed by atoms with van der Waals surface area (Å²) in [6.45, 7) is -0.346. The first kappa shape index (κ1) is 14.5. The van der Waals surface area contributed by atoms with Crippen molar-refractivity contribution in [2.75, 3.05) is 11.9 Å². The molecular weight excluding hydrogens is 277 g/mol. The van der Waals surface area contributed by atoms with Crippen LogP contribution >= 0.6 is 0 Å². The second kappa shape index (κ2) is 6.51. The van der Waals surface area contributed by atoms with Crippen LogP contribution in [0.4, 0.5) is 10.1 Å². The van der Waals surface area contributed by atoms with Crippen molar-refractivity contribution < 1.29 is 23.8 Å². The molecule has 2 aromatic rings. The van der Waals surface area contributed by atoms with E-state index >= 15 is 0 Å². The SMILES string of the molecule is O=C(COc1ccccc1F)Nc1ccc(C(=O)O)cc1. The number of rotatable bonds is 5. The van der Waals surface area contributed by atoms with Crippen LogP contribution in [-0.4, -0.2) is 23.6 Å². The fourth-order valence-electron chi connectivity index (χ4n) is 1.60. The molecule has 0 atom stereocenters. The van der Waals surface area contributed by atoms with Crippen LogP contribution in [0.2, 0.25) is 0 Å². The van der Waals surface area contributed by atoms with E-state index in [1.54, 1.807) is 6.07 Å². The Balaban J connectivity index is 1.90. The number of hydrogen-bond donors (Lipinski definition) is 2. The van der Waals surface area contributed by atoms with Gasteiger partial charge in [-0.1, -0.05) is 12.1 Å². The van der Waals surface area contributed by atoms with Gasteiger partial charge >= 0.3 is 5.97 Å². The second-order valence-electron chi connectivity index (χ2n) is 4.15. The number of amides is 1. The number of carboxylic acid groups (broad SMARTS) is 1. The van der Waals surface area contributed by atoms with Crippen molar-refractivity contribution in [2.24, 2.45) is 0 Å². The van der Waals surface area contributed by atoms with Gasteiger partial charge in [0.1, 0.15) is 0 Å². The Morgan fingerprint density at radius 1 is 1.10 bits per heavy atom. The van der Waals surface area contributed by atoms with Crippen molar-refractivity contribution >= 4 is 17.6 Å². The molecule has 0 aliphatic heterocycles. The maximum absolute atomic E-state index is 13.3. The largest absolute Gasteiger partial charge is 0.481 e. The van der Waals surface area contributed by atoms with Crippen LogP contribution in [0.3, 0.4) is 0 Å². The minimum absolute atomic E-state index is 0.00567. The van der Waals surface area contributed by atoms with Crippen LogP contribution in [0, 0.1) is 5.82 Å². The lowest BCUT2D eigenvalue weighted by Crippen LogP contribution is -2.20. The van der Waals surface area contributed by atoms with E-state index in [9.17, 15) is 14.0 Å².